The van der Waals surface area contributed by atoms with Crippen molar-refractivity contribution >= 4 is 28.2 Å². The summed E-state index contributed by atoms with van der Waals surface area (Å²) >= 11 is 6.11. The van der Waals surface area contributed by atoms with Crippen LogP contribution in [-0.4, -0.2) is 35.1 Å². The highest BCUT2D eigenvalue weighted by molar-refractivity contribution is 6.31. The number of aromatic nitrogens is 1. The van der Waals surface area contributed by atoms with Crippen LogP contribution in [0.5, 0.6) is 0 Å². The molecule has 0 amide bonds. The van der Waals surface area contributed by atoms with Crippen molar-refractivity contribution in [3.05, 3.63) is 35.5 Å². The van der Waals surface area contributed by atoms with Crippen molar-refractivity contribution in [2.24, 2.45) is 0 Å². The zero-order chi connectivity index (χ0) is 15.6. The van der Waals surface area contributed by atoms with Crippen molar-refractivity contribution in [2.45, 2.75) is 50.6 Å². The molecule has 1 aromatic heterocycles. The molecule has 1 aliphatic carbocycles. The molecule has 23 heavy (non-hydrogen) atoms. The predicted octanol–water partition coefficient (Wildman–Crippen LogP) is 4.71. The molecule has 0 spiro atoms. The fraction of sp³-hybridized carbons (Fsp3) is 0.526. The van der Waals surface area contributed by atoms with Gasteiger partial charge in [0.05, 0.1) is 5.52 Å². The van der Waals surface area contributed by atoms with Crippen LogP contribution in [-0.2, 0) is 0 Å². The fourth-order valence-corrected chi connectivity index (χ4v) is 4.40. The minimum Gasteiger partial charge on any atom is -0.380 e. The normalized spacial score (nSPS) is 25.8. The Hall–Kier alpha value is -1.32. The van der Waals surface area contributed by atoms with Crippen LogP contribution in [0.15, 0.2) is 30.5 Å². The van der Waals surface area contributed by atoms with E-state index < -0.39 is 0 Å². The first kappa shape index (κ1) is 15.2. The van der Waals surface area contributed by atoms with Crippen molar-refractivity contribution in [3.63, 3.8) is 0 Å². The first-order chi connectivity index (χ1) is 11.3. The summed E-state index contributed by atoms with van der Waals surface area (Å²) in [5, 5.41) is 5.76. The molecule has 2 heterocycles. The number of halogens is 1. The summed E-state index contributed by atoms with van der Waals surface area (Å²) in [6.45, 7) is 2.55. The van der Waals surface area contributed by atoms with Crippen LogP contribution in [0.4, 0.5) is 5.69 Å². The first-order valence-electron chi connectivity index (χ1n) is 8.86. The molecule has 2 aromatic rings. The van der Waals surface area contributed by atoms with Crippen LogP contribution >= 0.6 is 11.6 Å². The van der Waals surface area contributed by atoms with Crippen LogP contribution < -0.4 is 5.32 Å². The highest BCUT2D eigenvalue weighted by atomic mass is 35.5. The summed E-state index contributed by atoms with van der Waals surface area (Å²) in [6.07, 6.45) is 9.89. The Morgan fingerprint density at radius 1 is 1.04 bits per heavy atom. The molecule has 2 unspecified atom stereocenters. The van der Waals surface area contributed by atoms with Crippen LogP contribution in [0, 0.1) is 0 Å². The molecule has 0 radical (unpaired) electrons. The minimum absolute atomic E-state index is 0.545. The number of likely N-dealkylation sites (tertiary alicyclic amines) is 1. The molecule has 3 nitrogen and oxygen atoms in total. The van der Waals surface area contributed by atoms with Gasteiger partial charge in [-0.1, -0.05) is 24.4 Å². The number of pyridine rings is 1. The topological polar surface area (TPSA) is 28.2 Å². The van der Waals surface area contributed by atoms with E-state index in [0.29, 0.717) is 12.1 Å². The summed E-state index contributed by atoms with van der Waals surface area (Å²) in [7, 11) is 0. The van der Waals surface area contributed by atoms with Crippen molar-refractivity contribution < 1.29 is 0 Å². The minimum atomic E-state index is 0.545. The van der Waals surface area contributed by atoms with Gasteiger partial charge in [-0.2, -0.15) is 0 Å². The standard InChI is InChI=1S/C19H24ClN3/c20-14-7-8-15-16(9-10-21-18(15)13-14)22-17-5-1-2-6-19(17)23-11-3-4-12-23/h7-10,13,17,19H,1-6,11-12H2,(H,21,22). The van der Waals surface area contributed by atoms with Gasteiger partial charge in [0.2, 0.25) is 0 Å². The largest absolute Gasteiger partial charge is 0.380 e. The van der Waals surface area contributed by atoms with E-state index in [9.17, 15) is 0 Å². The van der Waals surface area contributed by atoms with Gasteiger partial charge < -0.3 is 5.32 Å². The second-order valence-corrected chi connectivity index (χ2v) is 7.30. The van der Waals surface area contributed by atoms with E-state index in [0.717, 1.165) is 10.5 Å². The summed E-state index contributed by atoms with van der Waals surface area (Å²) < 4.78 is 0. The molecular weight excluding hydrogens is 306 g/mol. The van der Waals surface area contributed by atoms with Gasteiger partial charge in [-0.25, -0.2) is 0 Å². The van der Waals surface area contributed by atoms with E-state index in [-0.39, 0.29) is 0 Å². The second-order valence-electron chi connectivity index (χ2n) is 6.87. The van der Waals surface area contributed by atoms with Crippen LogP contribution in [0.2, 0.25) is 5.02 Å². The van der Waals surface area contributed by atoms with E-state index in [4.69, 9.17) is 11.6 Å². The molecule has 4 rings (SSSR count). The lowest BCUT2D eigenvalue weighted by atomic mass is 9.89. The highest BCUT2D eigenvalue weighted by Gasteiger charge is 2.31. The molecule has 2 atom stereocenters. The Labute approximate surface area is 143 Å². The van der Waals surface area contributed by atoms with Crippen molar-refractivity contribution in [2.75, 3.05) is 18.4 Å². The highest BCUT2D eigenvalue weighted by Crippen LogP contribution is 2.31. The number of hydrogen-bond donors (Lipinski definition) is 1. The van der Waals surface area contributed by atoms with Crippen molar-refractivity contribution in [1.82, 2.24) is 9.88 Å². The monoisotopic (exact) mass is 329 g/mol. The van der Waals surface area contributed by atoms with Gasteiger partial charge in [0, 0.05) is 34.4 Å². The Balaban J connectivity index is 1.60. The molecule has 4 heteroatoms. The molecule has 1 N–H and O–H groups in total. The van der Waals surface area contributed by atoms with E-state index in [1.807, 2.05) is 18.3 Å². The Morgan fingerprint density at radius 2 is 1.87 bits per heavy atom. The van der Waals surface area contributed by atoms with Gasteiger partial charge in [0.15, 0.2) is 0 Å². The number of fused-ring (bicyclic) bond motifs is 1. The predicted molar refractivity (Wildman–Crippen MR) is 97.2 cm³/mol. The van der Waals surface area contributed by atoms with E-state index >= 15 is 0 Å². The number of nitrogens with one attached hydrogen (secondary N) is 1. The first-order valence-corrected chi connectivity index (χ1v) is 9.24. The molecule has 1 aromatic carbocycles. The Bertz CT molecular complexity index is 681. The lowest BCUT2D eigenvalue weighted by Crippen LogP contribution is -2.47. The van der Waals surface area contributed by atoms with Crippen LogP contribution in [0.25, 0.3) is 10.9 Å². The molecular formula is C19H24ClN3. The molecule has 1 saturated heterocycles. The molecule has 1 saturated carbocycles. The zero-order valence-corrected chi connectivity index (χ0v) is 14.2. The van der Waals surface area contributed by atoms with Gasteiger partial charge in [0.25, 0.3) is 0 Å². The van der Waals surface area contributed by atoms with Crippen molar-refractivity contribution in [1.29, 1.82) is 0 Å². The summed E-state index contributed by atoms with van der Waals surface area (Å²) in [4.78, 5) is 7.16. The lowest BCUT2D eigenvalue weighted by Gasteiger charge is -2.39. The third kappa shape index (κ3) is 3.17. The van der Waals surface area contributed by atoms with Gasteiger partial charge in [-0.15, -0.1) is 0 Å². The molecule has 2 aliphatic rings. The Morgan fingerprint density at radius 3 is 2.74 bits per heavy atom. The zero-order valence-electron chi connectivity index (χ0n) is 13.5. The van der Waals surface area contributed by atoms with Gasteiger partial charge >= 0.3 is 0 Å². The van der Waals surface area contributed by atoms with Crippen molar-refractivity contribution in [3.8, 4) is 0 Å². The summed E-state index contributed by atoms with van der Waals surface area (Å²) in [5.41, 5.74) is 2.17. The SMILES string of the molecule is Clc1ccc2c(NC3CCCCC3N3CCCC3)ccnc2c1. The average molecular weight is 330 g/mol. The second kappa shape index (κ2) is 6.66. The number of nitrogens with zero attached hydrogens (tertiary/aromatic N) is 2. The molecule has 1 aliphatic heterocycles. The maximum atomic E-state index is 6.11. The van der Waals surface area contributed by atoms with Crippen LogP contribution in [0.3, 0.4) is 0 Å². The molecule has 0 bridgehead atoms. The number of benzene rings is 1. The summed E-state index contributed by atoms with van der Waals surface area (Å²) in [6, 6.07) is 9.31. The number of anilines is 1. The Kier molecular flexibility index (Phi) is 4.41. The molecule has 122 valence electrons. The number of hydrogen-bond acceptors (Lipinski definition) is 3. The molecule has 2 fully saturated rings. The van der Waals surface area contributed by atoms with Crippen LogP contribution in [0.1, 0.15) is 38.5 Å². The summed E-state index contributed by atoms with van der Waals surface area (Å²) in [5.74, 6) is 0. The lowest BCUT2D eigenvalue weighted by molar-refractivity contribution is 0.177. The van der Waals surface area contributed by atoms with E-state index in [1.165, 1.54) is 62.7 Å². The van der Waals surface area contributed by atoms with Gasteiger partial charge in [-0.3, -0.25) is 9.88 Å². The third-order valence-corrected chi connectivity index (χ3v) is 5.62. The smallest absolute Gasteiger partial charge is 0.0737 e. The average Bonchev–Trinajstić information content (AvgIpc) is 3.09. The maximum absolute atomic E-state index is 6.11. The van der Waals surface area contributed by atoms with Gasteiger partial charge in [0.1, 0.15) is 0 Å². The van der Waals surface area contributed by atoms with Gasteiger partial charge in [-0.05, 0) is 63.0 Å². The number of rotatable bonds is 3. The maximum Gasteiger partial charge on any atom is 0.0737 e. The van der Waals surface area contributed by atoms with E-state index in [1.54, 1.807) is 0 Å². The van der Waals surface area contributed by atoms with E-state index in [2.05, 4.69) is 27.3 Å². The quantitative estimate of drug-likeness (QED) is 0.884. The third-order valence-electron chi connectivity index (χ3n) is 5.38. The fourth-order valence-electron chi connectivity index (χ4n) is 4.24.